The van der Waals surface area contributed by atoms with Crippen LogP contribution in [0.25, 0.3) is 0 Å². The molecule has 0 aliphatic carbocycles. The van der Waals surface area contributed by atoms with E-state index in [0.29, 0.717) is 6.07 Å². The van der Waals surface area contributed by atoms with E-state index in [0.717, 1.165) is 12.1 Å². The van der Waals surface area contributed by atoms with Crippen LogP contribution in [0.5, 0.6) is 5.75 Å². The fourth-order valence-electron chi connectivity index (χ4n) is 1.41. The van der Waals surface area contributed by atoms with Gasteiger partial charge in [0.2, 0.25) is 0 Å². The fourth-order valence-corrected chi connectivity index (χ4v) is 2.20. The number of benzene rings is 1. The Kier molecular flexibility index (Phi) is 5.07. The molecule has 0 amide bonds. The Morgan fingerprint density at radius 2 is 1.85 bits per heavy atom. The molecule has 0 saturated heterocycles. The van der Waals surface area contributed by atoms with Crippen LogP contribution in [0.3, 0.4) is 0 Å². The van der Waals surface area contributed by atoms with E-state index in [1.807, 2.05) is 0 Å². The van der Waals surface area contributed by atoms with Crippen molar-refractivity contribution in [3.05, 3.63) is 24.0 Å². The summed E-state index contributed by atoms with van der Waals surface area (Å²) in [6.45, 7) is -2.90. The minimum absolute atomic E-state index is 0.340. The average Bonchev–Trinajstić information content (AvgIpc) is 2.29. The van der Waals surface area contributed by atoms with Gasteiger partial charge in [0, 0.05) is 0 Å². The average molecular weight is 313 g/mol. The van der Waals surface area contributed by atoms with Crippen LogP contribution >= 0.6 is 0 Å². The van der Waals surface area contributed by atoms with Crippen LogP contribution < -0.4 is 10.2 Å². The minimum Gasteiger partial charge on any atom is -0.496 e. The Bertz CT molecular complexity index is 570. The lowest BCUT2D eigenvalue weighted by Crippen LogP contribution is -2.36. The molecule has 1 aromatic carbocycles. The molecule has 1 aromatic rings. The molecule has 0 bridgehead atoms. The minimum atomic E-state index is -5.43. The quantitative estimate of drug-likeness (QED) is 0.596. The number of hydrogen-bond acceptors (Lipinski definition) is 3. The van der Waals surface area contributed by atoms with Gasteiger partial charge in [-0.3, -0.25) is 0 Å². The molecule has 114 valence electrons. The van der Waals surface area contributed by atoms with Gasteiger partial charge in [0.05, 0.1) is 16.8 Å². The highest BCUT2D eigenvalue weighted by molar-refractivity contribution is 7.91. The topological polar surface area (TPSA) is 43.4 Å². The molecule has 0 aliphatic rings. The van der Waals surface area contributed by atoms with Crippen LogP contribution in [0, 0.1) is 5.82 Å². The number of hydrogen-bond donors (Lipinski definition) is 0. The van der Waals surface area contributed by atoms with Gasteiger partial charge in [-0.05, 0) is 32.0 Å². The summed E-state index contributed by atoms with van der Waals surface area (Å²) in [6, 6.07) is 2.02. The van der Waals surface area contributed by atoms with E-state index in [9.17, 15) is 25.8 Å². The lowest BCUT2D eigenvalue weighted by molar-refractivity contribution is 0.340. The molecule has 0 N–H and O–H groups in total. The second-order valence-electron chi connectivity index (χ2n) is 4.52. The van der Waals surface area contributed by atoms with Crippen LogP contribution in [-0.4, -0.2) is 33.0 Å². The van der Waals surface area contributed by atoms with Crippen LogP contribution in [0.1, 0.15) is 13.8 Å². The Balaban J connectivity index is 2.84. The highest BCUT2D eigenvalue weighted by Crippen LogP contribution is 2.19. The highest BCUT2D eigenvalue weighted by atomic mass is 32.2. The van der Waals surface area contributed by atoms with Crippen LogP contribution in [0.15, 0.2) is 18.2 Å². The van der Waals surface area contributed by atoms with Gasteiger partial charge in [0.25, 0.3) is 0 Å². The van der Waals surface area contributed by atoms with E-state index in [1.54, 1.807) is 0 Å². The molecule has 0 aromatic heterocycles. The summed E-state index contributed by atoms with van der Waals surface area (Å²) in [4.78, 5) is 0. The zero-order valence-corrected chi connectivity index (χ0v) is 11.8. The van der Waals surface area contributed by atoms with Gasteiger partial charge < -0.3 is 17.7 Å². The standard InChI is InChI=1S/C11H14BF4O3S/c1-8(2)20(17,18)6-5-19-11-4-3-9(13)7-10(11)12(14,15)16/h3-4,7-8H,5-6H2,1-2H3/q-1. The zero-order valence-electron chi connectivity index (χ0n) is 10.9. The maximum atomic E-state index is 12.9. The normalized spacial score (nSPS) is 12.8. The maximum Gasteiger partial charge on any atom is 0.513 e. The van der Waals surface area contributed by atoms with Gasteiger partial charge in [-0.1, -0.05) is 5.46 Å². The molecule has 0 spiro atoms. The van der Waals surface area contributed by atoms with Crippen LogP contribution in [0.2, 0.25) is 0 Å². The van der Waals surface area contributed by atoms with E-state index in [2.05, 4.69) is 0 Å². The van der Waals surface area contributed by atoms with Gasteiger partial charge in [-0.15, -0.1) is 0 Å². The van der Waals surface area contributed by atoms with Crippen LogP contribution in [-0.2, 0) is 9.84 Å². The first kappa shape index (κ1) is 16.8. The van der Waals surface area contributed by atoms with Crippen molar-refractivity contribution in [1.82, 2.24) is 0 Å². The molecule has 20 heavy (non-hydrogen) atoms. The van der Waals surface area contributed by atoms with E-state index >= 15 is 0 Å². The van der Waals surface area contributed by atoms with E-state index in [1.165, 1.54) is 13.8 Å². The third kappa shape index (κ3) is 4.40. The van der Waals surface area contributed by atoms with Crippen molar-refractivity contribution in [2.24, 2.45) is 0 Å². The zero-order chi connectivity index (χ0) is 15.6. The van der Waals surface area contributed by atoms with Gasteiger partial charge in [-0.25, -0.2) is 12.8 Å². The van der Waals surface area contributed by atoms with Crippen molar-refractivity contribution >= 4 is 22.3 Å². The van der Waals surface area contributed by atoms with Crippen molar-refractivity contribution in [2.75, 3.05) is 12.4 Å². The molecule has 0 atom stereocenters. The Morgan fingerprint density at radius 1 is 1.25 bits per heavy atom. The Morgan fingerprint density at radius 3 is 2.35 bits per heavy atom. The second kappa shape index (κ2) is 6.03. The van der Waals surface area contributed by atoms with Crippen molar-refractivity contribution in [3.8, 4) is 5.75 Å². The SMILES string of the molecule is CC(C)S(=O)(=O)CCOc1ccc(F)cc1[B-](F)(F)F. The molecule has 0 fully saturated rings. The predicted molar refractivity (Wildman–Crippen MR) is 69.5 cm³/mol. The first-order chi connectivity index (χ1) is 9.04. The molecule has 0 aliphatic heterocycles. The first-order valence-corrected chi connectivity index (χ1v) is 7.59. The number of rotatable bonds is 6. The number of halogens is 4. The molecule has 1 rings (SSSR count). The van der Waals surface area contributed by atoms with Crippen molar-refractivity contribution in [3.63, 3.8) is 0 Å². The lowest BCUT2D eigenvalue weighted by Gasteiger charge is -2.20. The Hall–Kier alpha value is -1.25. The van der Waals surface area contributed by atoms with E-state index in [4.69, 9.17) is 4.74 Å². The van der Waals surface area contributed by atoms with Crippen LogP contribution in [0.4, 0.5) is 17.3 Å². The van der Waals surface area contributed by atoms with Crippen molar-refractivity contribution in [1.29, 1.82) is 0 Å². The third-order valence-electron chi connectivity index (χ3n) is 2.67. The molecular weight excluding hydrogens is 299 g/mol. The van der Waals surface area contributed by atoms with Gasteiger partial charge in [-0.2, -0.15) is 0 Å². The molecule has 0 unspecified atom stereocenters. The monoisotopic (exact) mass is 313 g/mol. The van der Waals surface area contributed by atoms with Crippen molar-refractivity contribution < 1.29 is 30.5 Å². The number of ether oxygens (including phenoxy) is 1. The molecule has 0 saturated carbocycles. The summed E-state index contributed by atoms with van der Waals surface area (Å²) >= 11 is 0. The van der Waals surface area contributed by atoms with E-state index in [-0.39, 0.29) is 0 Å². The predicted octanol–water partition coefficient (Wildman–Crippen LogP) is 2.08. The Labute approximate surface area is 114 Å². The third-order valence-corrected chi connectivity index (χ3v) is 4.84. The summed E-state index contributed by atoms with van der Waals surface area (Å²) < 4.78 is 78.9. The summed E-state index contributed by atoms with van der Waals surface area (Å²) in [7, 11) is -3.40. The van der Waals surface area contributed by atoms with Gasteiger partial charge in [0.1, 0.15) is 12.4 Å². The van der Waals surface area contributed by atoms with Gasteiger partial charge >= 0.3 is 6.98 Å². The summed E-state index contributed by atoms with van der Waals surface area (Å²) in [5.74, 6) is -1.98. The summed E-state index contributed by atoms with van der Waals surface area (Å²) in [6.07, 6.45) is 0. The molecule has 0 heterocycles. The molecular formula is C11H14BF4O3S-. The van der Waals surface area contributed by atoms with E-state index < -0.39 is 51.5 Å². The van der Waals surface area contributed by atoms with Gasteiger partial charge in [0.15, 0.2) is 9.84 Å². The number of sulfone groups is 1. The highest BCUT2D eigenvalue weighted by Gasteiger charge is 2.30. The smallest absolute Gasteiger partial charge is 0.496 e. The summed E-state index contributed by atoms with van der Waals surface area (Å²) in [5.41, 5.74) is -1.20. The fraction of sp³-hybridized carbons (Fsp3) is 0.455. The van der Waals surface area contributed by atoms with Crippen molar-refractivity contribution in [2.45, 2.75) is 19.1 Å². The largest absolute Gasteiger partial charge is 0.513 e. The molecule has 9 heteroatoms. The second-order valence-corrected chi connectivity index (χ2v) is 7.20. The molecule has 3 nitrogen and oxygen atoms in total. The first-order valence-electron chi connectivity index (χ1n) is 5.88. The summed E-state index contributed by atoms with van der Waals surface area (Å²) in [5, 5.41) is -0.634. The maximum absolute atomic E-state index is 12.9. The molecule has 0 radical (unpaired) electrons. The lowest BCUT2D eigenvalue weighted by atomic mass is 9.79.